The van der Waals surface area contributed by atoms with E-state index < -0.39 is 10.0 Å². The number of rotatable bonds is 11. The number of fused-ring (bicyclic) bond motifs is 1. The van der Waals surface area contributed by atoms with Crippen molar-refractivity contribution in [1.29, 1.82) is 0 Å². The molecule has 1 aromatic carbocycles. The molecule has 0 bridgehead atoms. The van der Waals surface area contributed by atoms with Crippen LogP contribution >= 0.6 is 12.2 Å². The van der Waals surface area contributed by atoms with Gasteiger partial charge in [0.25, 0.3) is 0 Å². The van der Waals surface area contributed by atoms with Crippen molar-refractivity contribution in [2.24, 2.45) is 7.05 Å². The van der Waals surface area contributed by atoms with Gasteiger partial charge in [0.05, 0.1) is 28.3 Å². The first-order valence-corrected chi connectivity index (χ1v) is 14.6. The van der Waals surface area contributed by atoms with E-state index in [2.05, 4.69) is 38.7 Å². The van der Waals surface area contributed by atoms with Crippen molar-refractivity contribution in [2.45, 2.75) is 63.3 Å². The first-order chi connectivity index (χ1) is 17.2. The van der Waals surface area contributed by atoms with Crippen molar-refractivity contribution in [3.63, 3.8) is 0 Å². The zero-order valence-corrected chi connectivity index (χ0v) is 23.1. The van der Waals surface area contributed by atoms with Crippen molar-refractivity contribution < 1.29 is 13.2 Å². The van der Waals surface area contributed by atoms with Gasteiger partial charge >= 0.3 is 0 Å². The van der Waals surface area contributed by atoms with Crippen molar-refractivity contribution in [2.75, 3.05) is 26.7 Å². The van der Waals surface area contributed by atoms with E-state index in [1.165, 1.54) is 0 Å². The summed E-state index contributed by atoms with van der Waals surface area (Å²) >= 11 is 5.62. The molecule has 0 spiro atoms. The Morgan fingerprint density at radius 2 is 2.06 bits per heavy atom. The number of hydrogen-bond donors (Lipinski definition) is 2. The molecule has 2 N–H and O–H groups in total. The number of benzene rings is 1. The van der Waals surface area contributed by atoms with Gasteiger partial charge in [-0.15, -0.1) is 0 Å². The predicted octanol–water partition coefficient (Wildman–Crippen LogP) is 4.20. The van der Waals surface area contributed by atoms with Crippen LogP contribution in [0.3, 0.4) is 0 Å². The molecule has 0 amide bonds. The quantitative estimate of drug-likeness (QED) is 0.357. The van der Waals surface area contributed by atoms with Gasteiger partial charge in [-0.25, -0.2) is 18.1 Å². The van der Waals surface area contributed by atoms with Gasteiger partial charge in [0.2, 0.25) is 10.0 Å². The van der Waals surface area contributed by atoms with Crippen molar-refractivity contribution in [1.82, 2.24) is 29.4 Å². The minimum atomic E-state index is -3.71. The zero-order valence-electron chi connectivity index (χ0n) is 21.5. The first-order valence-electron chi connectivity index (χ1n) is 12.7. The van der Waals surface area contributed by atoms with E-state index in [4.69, 9.17) is 17.0 Å². The Hall–Kier alpha value is -2.34. The number of likely N-dealkylation sites (tertiary alicyclic amines) is 1. The summed E-state index contributed by atoms with van der Waals surface area (Å²) < 4.78 is 37.3. The van der Waals surface area contributed by atoms with Crippen molar-refractivity contribution in [3.8, 4) is 17.1 Å². The summed E-state index contributed by atoms with van der Waals surface area (Å²) in [5.41, 5.74) is 3.04. The number of ether oxygens (including phenoxy) is 1. The molecule has 9 nitrogen and oxygen atoms in total. The van der Waals surface area contributed by atoms with Crippen molar-refractivity contribution >= 4 is 33.3 Å². The fourth-order valence-corrected chi connectivity index (χ4v) is 6.18. The fourth-order valence-electron chi connectivity index (χ4n) is 4.78. The number of aromatic nitrogens is 4. The summed E-state index contributed by atoms with van der Waals surface area (Å²) in [5.74, 6) is 1.02. The summed E-state index contributed by atoms with van der Waals surface area (Å²) in [6.45, 7) is 6.08. The second-order valence-corrected chi connectivity index (χ2v) is 11.6. The standard InChI is InChI=1S/C25H36N6O3S2/c1-5-8-20-22-23(31(4)29-20)25(35)28-24(27-22)19-16-18(10-11-21(19)34-15-6-2)36(32,33)26-13-12-17-9-7-14-30(17)3/h10-11,16-17,26H,5-9,12-15H2,1-4H3,(H,27,28,35)/t17-/m1/s1. The second kappa shape index (κ2) is 11.4. The molecule has 3 aromatic rings. The Morgan fingerprint density at radius 3 is 2.75 bits per heavy atom. The van der Waals surface area contributed by atoms with E-state index in [1.807, 2.05) is 14.0 Å². The van der Waals surface area contributed by atoms with Crippen LogP contribution in [-0.4, -0.2) is 65.9 Å². The molecule has 196 valence electrons. The van der Waals surface area contributed by atoms with Gasteiger partial charge in [0.15, 0.2) is 4.64 Å². The van der Waals surface area contributed by atoms with Crippen LogP contribution in [0.15, 0.2) is 23.1 Å². The van der Waals surface area contributed by atoms with Crippen LogP contribution in [0.4, 0.5) is 0 Å². The maximum absolute atomic E-state index is 13.2. The van der Waals surface area contributed by atoms with Crippen molar-refractivity contribution in [3.05, 3.63) is 28.5 Å². The molecule has 0 unspecified atom stereocenters. The Bertz CT molecular complexity index is 1380. The third kappa shape index (κ3) is 5.64. The Balaban J connectivity index is 1.70. The van der Waals surface area contributed by atoms with Gasteiger partial charge in [-0.2, -0.15) is 5.10 Å². The Morgan fingerprint density at radius 1 is 1.25 bits per heavy atom. The topological polar surface area (TPSA) is 105 Å². The molecule has 0 radical (unpaired) electrons. The Kier molecular flexibility index (Phi) is 8.44. The molecule has 1 atom stereocenters. The average molecular weight is 533 g/mol. The SMILES string of the molecule is CCCOc1ccc(S(=O)(=O)NCC[C@H]2CCCN2C)cc1-c1nc(=S)c2c([nH]1)c(CCC)nn2C. The number of sulfonamides is 1. The molecular formula is C25H36N6O3S2. The molecule has 0 saturated carbocycles. The third-order valence-corrected chi connectivity index (χ3v) is 8.43. The monoisotopic (exact) mass is 532 g/mol. The van der Waals surface area contributed by atoms with Crippen LogP contribution in [0.1, 0.15) is 51.6 Å². The molecule has 4 rings (SSSR count). The lowest BCUT2D eigenvalue weighted by Crippen LogP contribution is -2.31. The predicted molar refractivity (Wildman–Crippen MR) is 144 cm³/mol. The molecule has 1 aliphatic rings. The minimum absolute atomic E-state index is 0.169. The number of nitrogens with one attached hydrogen (secondary N) is 2. The lowest BCUT2D eigenvalue weighted by atomic mass is 10.1. The highest BCUT2D eigenvalue weighted by atomic mass is 32.2. The van der Waals surface area contributed by atoms with E-state index in [1.54, 1.807) is 22.9 Å². The summed E-state index contributed by atoms with van der Waals surface area (Å²) in [6.07, 6.45) is 5.60. The summed E-state index contributed by atoms with van der Waals surface area (Å²) in [5, 5.41) is 4.61. The number of nitrogens with zero attached hydrogens (tertiary/aromatic N) is 4. The highest BCUT2D eigenvalue weighted by Gasteiger charge is 2.23. The zero-order chi connectivity index (χ0) is 25.9. The smallest absolute Gasteiger partial charge is 0.240 e. The molecule has 11 heteroatoms. The molecule has 2 aromatic heterocycles. The summed E-state index contributed by atoms with van der Waals surface area (Å²) in [6, 6.07) is 5.31. The molecule has 1 aliphatic heterocycles. The highest BCUT2D eigenvalue weighted by molar-refractivity contribution is 7.89. The second-order valence-electron chi connectivity index (χ2n) is 9.40. The molecule has 3 heterocycles. The van der Waals surface area contributed by atoms with Gasteiger partial charge < -0.3 is 14.6 Å². The lowest BCUT2D eigenvalue weighted by Gasteiger charge is -2.19. The highest BCUT2D eigenvalue weighted by Crippen LogP contribution is 2.32. The van der Waals surface area contributed by atoms with Crippen LogP contribution in [-0.2, 0) is 23.5 Å². The van der Waals surface area contributed by atoms with Gasteiger partial charge in [0.1, 0.15) is 17.1 Å². The first kappa shape index (κ1) is 26.7. The van der Waals surface area contributed by atoms with Gasteiger partial charge in [-0.3, -0.25) is 4.68 Å². The van der Waals surface area contributed by atoms with Gasteiger partial charge in [0, 0.05) is 19.6 Å². The number of hydrogen-bond acceptors (Lipinski definition) is 7. The van der Waals surface area contributed by atoms with Crippen LogP contribution in [0.5, 0.6) is 5.75 Å². The largest absolute Gasteiger partial charge is 0.493 e. The molecule has 0 aliphatic carbocycles. The van der Waals surface area contributed by atoms with Crippen LogP contribution < -0.4 is 9.46 Å². The summed E-state index contributed by atoms with van der Waals surface area (Å²) in [7, 11) is 0.234. The number of aryl methyl sites for hydroxylation is 2. The number of H-pyrrole nitrogens is 1. The third-order valence-electron chi connectivity index (χ3n) is 6.69. The van der Waals surface area contributed by atoms with E-state index in [0.717, 1.165) is 61.8 Å². The van der Waals surface area contributed by atoms with Crippen LogP contribution in [0.25, 0.3) is 22.4 Å². The normalized spacial score (nSPS) is 16.7. The molecular weight excluding hydrogens is 496 g/mol. The van der Waals surface area contributed by atoms with Gasteiger partial charge in [-0.05, 0) is 63.9 Å². The maximum Gasteiger partial charge on any atom is 0.240 e. The van der Waals surface area contributed by atoms with E-state index in [9.17, 15) is 8.42 Å². The molecule has 1 saturated heterocycles. The van der Waals surface area contributed by atoms with Gasteiger partial charge in [-0.1, -0.05) is 32.5 Å². The maximum atomic E-state index is 13.2. The lowest BCUT2D eigenvalue weighted by molar-refractivity contribution is 0.297. The average Bonchev–Trinajstić information content (AvgIpc) is 3.40. The minimum Gasteiger partial charge on any atom is -0.493 e. The van der Waals surface area contributed by atoms with E-state index in [0.29, 0.717) is 41.0 Å². The van der Waals surface area contributed by atoms with Crippen LogP contribution in [0, 0.1) is 4.64 Å². The van der Waals surface area contributed by atoms with Crippen LogP contribution in [0.2, 0.25) is 0 Å². The molecule has 1 fully saturated rings. The van der Waals surface area contributed by atoms with E-state index in [-0.39, 0.29) is 4.90 Å². The molecule has 36 heavy (non-hydrogen) atoms. The summed E-state index contributed by atoms with van der Waals surface area (Å²) in [4.78, 5) is 10.5. The fraction of sp³-hybridized carbons (Fsp3) is 0.560. The van der Waals surface area contributed by atoms with E-state index >= 15 is 0 Å². The Labute approximate surface area is 218 Å². The number of aromatic amines is 1.